The molecule has 0 amide bonds. The highest BCUT2D eigenvalue weighted by molar-refractivity contribution is 7.52. The molecule has 13 heavy (non-hydrogen) atoms. The number of allylic oxidation sites excluding steroid dienone is 1. The van der Waals surface area contributed by atoms with Crippen LogP contribution in [-0.4, -0.2) is 28.5 Å². The first-order valence-electron chi connectivity index (χ1n) is 3.65. The average molecular weight is 208 g/mol. The van der Waals surface area contributed by atoms with Crippen LogP contribution in [0.2, 0.25) is 0 Å². The summed E-state index contributed by atoms with van der Waals surface area (Å²) in [5.41, 5.74) is 0.509. The first kappa shape index (κ1) is 12.4. The maximum absolute atomic E-state index is 10.5. The van der Waals surface area contributed by atoms with Gasteiger partial charge in [0.15, 0.2) is 0 Å². The first-order chi connectivity index (χ1) is 5.81. The lowest BCUT2D eigenvalue weighted by Crippen LogP contribution is -1.99. The summed E-state index contributed by atoms with van der Waals surface area (Å²) in [6.07, 6.45) is 1.18. The second-order valence-electron chi connectivity index (χ2n) is 2.68. The number of carbonyl (C=O) groups excluding carboxylic acids is 1. The molecule has 0 aliphatic rings. The minimum atomic E-state index is -3.99. The fourth-order valence-electron chi connectivity index (χ4n) is 0.691. The predicted octanol–water partition coefficient (Wildman–Crippen LogP) is 0.673. The molecule has 0 bridgehead atoms. The molecule has 0 aliphatic carbocycles. The van der Waals surface area contributed by atoms with Crippen LogP contribution in [-0.2, 0) is 14.1 Å². The number of hydrogen-bond acceptors (Lipinski definition) is 3. The summed E-state index contributed by atoms with van der Waals surface area (Å²) in [6, 6.07) is 0. The van der Waals surface area contributed by atoms with Crippen LogP contribution in [0, 0.1) is 0 Å². The van der Waals surface area contributed by atoms with Crippen molar-refractivity contribution in [2.45, 2.75) is 13.8 Å². The summed E-state index contributed by atoms with van der Waals surface area (Å²) in [7, 11) is -3.99. The van der Waals surface area contributed by atoms with Gasteiger partial charge in [0.1, 0.15) is 6.61 Å². The first-order valence-corrected chi connectivity index (χ1v) is 5.44. The smallest absolute Gasteiger partial charge is 0.329 e. The van der Waals surface area contributed by atoms with Crippen molar-refractivity contribution >= 4 is 13.6 Å². The molecule has 0 aromatic rings. The molecule has 0 unspecified atom stereocenters. The van der Waals surface area contributed by atoms with Gasteiger partial charge in [-0.2, -0.15) is 0 Å². The Balaban J connectivity index is 3.90. The summed E-state index contributed by atoms with van der Waals surface area (Å²) < 4.78 is 15.0. The van der Waals surface area contributed by atoms with Crippen LogP contribution in [0.3, 0.4) is 0 Å². The van der Waals surface area contributed by atoms with Crippen molar-refractivity contribution in [2.24, 2.45) is 0 Å². The van der Waals surface area contributed by atoms with Crippen molar-refractivity contribution in [3.8, 4) is 0 Å². The molecule has 6 heteroatoms. The van der Waals surface area contributed by atoms with Crippen molar-refractivity contribution in [2.75, 3.05) is 12.8 Å². The molecule has 0 rings (SSSR count). The molecule has 0 radical (unpaired) electrons. The van der Waals surface area contributed by atoms with Crippen molar-refractivity contribution in [1.29, 1.82) is 0 Å². The van der Waals surface area contributed by atoms with Crippen LogP contribution >= 0.6 is 7.60 Å². The van der Waals surface area contributed by atoms with Gasteiger partial charge >= 0.3 is 13.6 Å². The Morgan fingerprint density at radius 3 is 2.38 bits per heavy atom. The van der Waals surface area contributed by atoms with Gasteiger partial charge in [-0.15, -0.1) is 0 Å². The second-order valence-corrected chi connectivity index (χ2v) is 4.32. The molecule has 0 aromatic heterocycles. The summed E-state index contributed by atoms with van der Waals surface area (Å²) in [5.74, 6) is -0.416. The summed E-state index contributed by atoms with van der Waals surface area (Å²) in [5, 5.41) is 0. The second kappa shape index (κ2) is 5.17. The Morgan fingerprint density at radius 1 is 1.46 bits per heavy atom. The zero-order valence-electron chi connectivity index (χ0n) is 7.56. The van der Waals surface area contributed by atoms with Crippen LogP contribution in [0.5, 0.6) is 0 Å². The molecule has 0 atom stereocenters. The SMILES string of the molecule is CC(=O)OCC=C(C)CP(=O)(O)O. The lowest BCUT2D eigenvalue weighted by atomic mass is 10.3. The third-order valence-corrected chi connectivity index (χ3v) is 2.08. The van der Waals surface area contributed by atoms with E-state index in [2.05, 4.69) is 4.74 Å². The molecule has 0 heterocycles. The van der Waals surface area contributed by atoms with E-state index in [4.69, 9.17) is 9.79 Å². The van der Waals surface area contributed by atoms with E-state index in [0.29, 0.717) is 5.57 Å². The van der Waals surface area contributed by atoms with Gasteiger partial charge in [0, 0.05) is 6.92 Å². The van der Waals surface area contributed by atoms with E-state index in [0.717, 1.165) is 0 Å². The summed E-state index contributed by atoms with van der Waals surface area (Å²) in [6.45, 7) is 2.90. The highest BCUT2D eigenvalue weighted by atomic mass is 31.2. The zero-order valence-corrected chi connectivity index (χ0v) is 8.45. The molecular formula is C7H13O5P. The number of ether oxygens (including phenoxy) is 1. The van der Waals surface area contributed by atoms with E-state index in [9.17, 15) is 9.36 Å². The van der Waals surface area contributed by atoms with E-state index >= 15 is 0 Å². The highest BCUT2D eigenvalue weighted by Crippen LogP contribution is 2.36. The molecule has 5 nitrogen and oxygen atoms in total. The summed E-state index contributed by atoms with van der Waals surface area (Å²) in [4.78, 5) is 27.4. The molecule has 0 aliphatic heterocycles. The van der Waals surface area contributed by atoms with Gasteiger partial charge in [-0.05, 0) is 13.0 Å². The maximum atomic E-state index is 10.5. The van der Waals surface area contributed by atoms with Crippen LogP contribution in [0.1, 0.15) is 13.8 Å². The normalized spacial score (nSPS) is 12.8. The van der Waals surface area contributed by atoms with Crippen molar-refractivity contribution < 1.29 is 23.9 Å². The molecule has 0 saturated carbocycles. The third-order valence-electron chi connectivity index (χ3n) is 1.17. The van der Waals surface area contributed by atoms with Crippen molar-refractivity contribution in [3.63, 3.8) is 0 Å². The molecule has 0 fully saturated rings. The predicted molar refractivity (Wildman–Crippen MR) is 47.3 cm³/mol. The van der Waals surface area contributed by atoms with Gasteiger partial charge in [-0.3, -0.25) is 9.36 Å². The van der Waals surface area contributed by atoms with Gasteiger partial charge in [-0.25, -0.2) is 0 Å². The van der Waals surface area contributed by atoms with Gasteiger partial charge in [0.2, 0.25) is 0 Å². The van der Waals surface area contributed by atoms with E-state index in [1.54, 1.807) is 6.92 Å². The third kappa shape index (κ3) is 9.27. The van der Waals surface area contributed by atoms with E-state index in [1.807, 2.05) is 0 Å². The van der Waals surface area contributed by atoms with Crippen molar-refractivity contribution in [3.05, 3.63) is 11.6 Å². The van der Waals surface area contributed by atoms with E-state index < -0.39 is 13.6 Å². The number of carbonyl (C=O) groups is 1. The Hall–Kier alpha value is -0.640. The largest absolute Gasteiger partial charge is 0.462 e. The Kier molecular flexibility index (Phi) is 4.91. The molecule has 2 N–H and O–H groups in total. The topological polar surface area (TPSA) is 83.8 Å². The van der Waals surface area contributed by atoms with Crippen LogP contribution in [0.25, 0.3) is 0 Å². The van der Waals surface area contributed by atoms with Crippen LogP contribution < -0.4 is 0 Å². The fourth-order valence-corrected chi connectivity index (χ4v) is 1.47. The molecule has 0 spiro atoms. The van der Waals surface area contributed by atoms with Gasteiger partial charge in [-0.1, -0.05) is 5.57 Å². The maximum Gasteiger partial charge on any atom is 0.329 e. The molecular weight excluding hydrogens is 195 g/mol. The Morgan fingerprint density at radius 2 is 2.00 bits per heavy atom. The lowest BCUT2D eigenvalue weighted by molar-refractivity contribution is -0.139. The van der Waals surface area contributed by atoms with Gasteiger partial charge in [0.25, 0.3) is 0 Å². The minimum absolute atomic E-state index is 0.0567. The zero-order chi connectivity index (χ0) is 10.5. The Bertz CT molecular complexity index is 252. The molecule has 0 aromatic carbocycles. The quantitative estimate of drug-likeness (QED) is 0.403. The molecule has 76 valence electrons. The number of rotatable bonds is 4. The average Bonchev–Trinajstić information content (AvgIpc) is 1.81. The van der Waals surface area contributed by atoms with Crippen LogP contribution in [0.15, 0.2) is 11.6 Å². The van der Waals surface area contributed by atoms with E-state index in [1.165, 1.54) is 13.0 Å². The van der Waals surface area contributed by atoms with Crippen molar-refractivity contribution in [1.82, 2.24) is 0 Å². The minimum Gasteiger partial charge on any atom is -0.462 e. The van der Waals surface area contributed by atoms with Crippen LogP contribution in [0.4, 0.5) is 0 Å². The highest BCUT2D eigenvalue weighted by Gasteiger charge is 2.12. The summed E-state index contributed by atoms with van der Waals surface area (Å²) >= 11 is 0. The Labute approximate surface area is 76.6 Å². The van der Waals surface area contributed by atoms with E-state index in [-0.39, 0.29) is 12.8 Å². The monoisotopic (exact) mass is 208 g/mol. The molecule has 0 saturated heterocycles. The standard InChI is InChI=1S/C7H13O5P/c1-6(5-13(9,10)11)3-4-12-7(2)8/h3H,4-5H2,1-2H3,(H2,9,10,11). The lowest BCUT2D eigenvalue weighted by Gasteiger charge is -2.03. The number of hydrogen-bond donors (Lipinski definition) is 2. The number of esters is 1. The fraction of sp³-hybridized carbons (Fsp3) is 0.571. The van der Waals surface area contributed by atoms with Gasteiger partial charge in [0.05, 0.1) is 6.16 Å². The van der Waals surface area contributed by atoms with Gasteiger partial charge < -0.3 is 14.5 Å².